The van der Waals surface area contributed by atoms with Crippen molar-refractivity contribution in [2.24, 2.45) is 10.8 Å². The molecular formula is C22H26N4O2. The molecular weight excluding hydrogens is 352 g/mol. The highest BCUT2D eigenvalue weighted by Crippen LogP contribution is 2.33. The summed E-state index contributed by atoms with van der Waals surface area (Å²) in [6.45, 7) is 7.39. The van der Waals surface area contributed by atoms with Gasteiger partial charge in [-0.1, -0.05) is 68.4 Å². The quantitative estimate of drug-likeness (QED) is 0.662. The lowest BCUT2D eigenvalue weighted by molar-refractivity contribution is -0.112. The normalized spacial score (nSPS) is 11.0. The van der Waals surface area contributed by atoms with E-state index >= 15 is 0 Å². The summed E-state index contributed by atoms with van der Waals surface area (Å²) in [7, 11) is 0. The average Bonchev–Trinajstić information content (AvgIpc) is 3.06. The summed E-state index contributed by atoms with van der Waals surface area (Å²) in [6, 6.07) is 17.3. The van der Waals surface area contributed by atoms with E-state index in [0.717, 1.165) is 28.1 Å². The third kappa shape index (κ3) is 4.53. The van der Waals surface area contributed by atoms with Crippen molar-refractivity contribution in [3.63, 3.8) is 0 Å². The van der Waals surface area contributed by atoms with Gasteiger partial charge in [-0.2, -0.15) is 5.10 Å². The molecule has 1 aromatic heterocycles. The van der Waals surface area contributed by atoms with E-state index in [4.69, 9.17) is 5.73 Å². The minimum Gasteiger partial charge on any atom is -0.392 e. The number of carbonyl (C=O) groups is 1. The van der Waals surface area contributed by atoms with Gasteiger partial charge in [0.25, 0.3) is 5.91 Å². The molecule has 6 heteroatoms. The van der Waals surface area contributed by atoms with Crippen LogP contribution in [0.2, 0.25) is 0 Å². The second-order valence-corrected chi connectivity index (χ2v) is 5.94. The fourth-order valence-corrected chi connectivity index (χ4v) is 2.67. The maximum absolute atomic E-state index is 11.4. The topological polar surface area (TPSA) is 93.5 Å². The molecule has 28 heavy (non-hydrogen) atoms. The number of carbonyl (C=O) groups excluding carboxylic acids is 1. The zero-order valence-corrected chi connectivity index (χ0v) is 16.7. The summed E-state index contributed by atoms with van der Waals surface area (Å²) >= 11 is 0. The number of rotatable bonds is 5. The van der Waals surface area contributed by atoms with Crippen molar-refractivity contribution in [2.45, 2.75) is 34.3 Å². The molecule has 1 heterocycles. The van der Waals surface area contributed by atoms with Gasteiger partial charge in [0.15, 0.2) is 0 Å². The Morgan fingerprint density at radius 2 is 1.68 bits per heavy atom. The van der Waals surface area contributed by atoms with Crippen molar-refractivity contribution in [1.82, 2.24) is 9.66 Å². The monoisotopic (exact) mass is 378 g/mol. The predicted molar refractivity (Wildman–Crippen MR) is 113 cm³/mol. The molecule has 6 nitrogen and oxygen atoms in total. The first kappa shape index (κ1) is 21.1. The Morgan fingerprint density at radius 1 is 1.07 bits per heavy atom. The van der Waals surface area contributed by atoms with E-state index in [1.807, 2.05) is 75.4 Å². The van der Waals surface area contributed by atoms with Crippen LogP contribution in [0.25, 0.3) is 22.5 Å². The fourth-order valence-electron chi connectivity index (χ4n) is 2.67. The minimum absolute atomic E-state index is 0.0125. The second-order valence-electron chi connectivity index (χ2n) is 5.94. The Hall–Kier alpha value is -3.25. The number of aromatic nitrogens is 2. The predicted octanol–water partition coefficient (Wildman–Crippen LogP) is 3.75. The van der Waals surface area contributed by atoms with Crippen LogP contribution in [0.4, 0.5) is 0 Å². The first-order valence-electron chi connectivity index (χ1n) is 9.21. The van der Waals surface area contributed by atoms with Crippen LogP contribution < -0.4 is 5.73 Å². The first-order valence-corrected chi connectivity index (χ1v) is 9.21. The van der Waals surface area contributed by atoms with Gasteiger partial charge in [0.1, 0.15) is 17.2 Å². The summed E-state index contributed by atoms with van der Waals surface area (Å²) < 4.78 is 1.64. The van der Waals surface area contributed by atoms with Crippen molar-refractivity contribution < 1.29 is 9.90 Å². The number of benzene rings is 2. The lowest BCUT2D eigenvalue weighted by Crippen LogP contribution is -2.21. The standard InChI is InChI=1S/C20H20N4O2.C2H6/c1-13(20(21)26)23-24-14(2)22-18(16-10-8-15(12-25)9-11-16)19(24)17-6-4-3-5-7-17;1-2/h3-11,25H,12H2,1-2H3,(H2,21,26);1-2H3/b23-13+;. The fraction of sp³-hybridized carbons (Fsp3) is 0.227. The second kappa shape index (κ2) is 9.62. The van der Waals surface area contributed by atoms with E-state index in [1.165, 1.54) is 0 Å². The van der Waals surface area contributed by atoms with Gasteiger partial charge in [0.2, 0.25) is 0 Å². The number of primary amides is 1. The van der Waals surface area contributed by atoms with Gasteiger partial charge in [-0.05, 0) is 19.4 Å². The molecule has 0 fully saturated rings. The molecule has 0 atom stereocenters. The maximum atomic E-state index is 11.4. The van der Waals surface area contributed by atoms with Gasteiger partial charge in [0.05, 0.1) is 12.3 Å². The maximum Gasteiger partial charge on any atom is 0.264 e. The number of hydrogen-bond acceptors (Lipinski definition) is 4. The number of amides is 1. The van der Waals surface area contributed by atoms with Crippen LogP contribution in [0.5, 0.6) is 0 Å². The summed E-state index contributed by atoms with van der Waals surface area (Å²) in [5.41, 5.74) is 9.72. The average molecular weight is 378 g/mol. The van der Waals surface area contributed by atoms with Crippen molar-refractivity contribution in [1.29, 1.82) is 0 Å². The molecule has 0 aliphatic rings. The third-order valence-electron chi connectivity index (χ3n) is 4.08. The lowest BCUT2D eigenvalue weighted by atomic mass is 10.0. The van der Waals surface area contributed by atoms with Crippen molar-refractivity contribution >= 4 is 11.6 Å². The number of aliphatic hydroxyl groups is 1. The van der Waals surface area contributed by atoms with E-state index in [2.05, 4.69) is 10.1 Å². The number of hydrogen-bond donors (Lipinski definition) is 2. The summed E-state index contributed by atoms with van der Waals surface area (Å²) in [4.78, 5) is 16.1. The van der Waals surface area contributed by atoms with E-state index in [-0.39, 0.29) is 12.3 Å². The number of aryl methyl sites for hydroxylation is 1. The Kier molecular flexibility index (Phi) is 7.23. The van der Waals surface area contributed by atoms with Gasteiger partial charge < -0.3 is 10.8 Å². The smallest absolute Gasteiger partial charge is 0.264 e. The molecule has 2 aromatic carbocycles. The molecule has 146 valence electrons. The van der Waals surface area contributed by atoms with Gasteiger partial charge in [-0.25, -0.2) is 9.66 Å². The number of aliphatic hydroxyl groups excluding tert-OH is 1. The summed E-state index contributed by atoms with van der Waals surface area (Å²) in [6.07, 6.45) is 0. The lowest BCUT2D eigenvalue weighted by Gasteiger charge is -2.08. The molecule has 0 saturated heterocycles. The van der Waals surface area contributed by atoms with E-state index in [9.17, 15) is 9.90 Å². The highest BCUT2D eigenvalue weighted by Gasteiger charge is 2.18. The highest BCUT2D eigenvalue weighted by atomic mass is 16.3. The van der Waals surface area contributed by atoms with Gasteiger partial charge >= 0.3 is 0 Å². The molecule has 3 N–H and O–H groups in total. The largest absolute Gasteiger partial charge is 0.392 e. The number of nitrogens with two attached hydrogens (primary N) is 1. The molecule has 0 saturated carbocycles. The first-order chi connectivity index (χ1) is 13.5. The van der Waals surface area contributed by atoms with Crippen LogP contribution >= 0.6 is 0 Å². The van der Waals surface area contributed by atoms with Crippen LogP contribution in [0.15, 0.2) is 59.7 Å². The zero-order chi connectivity index (χ0) is 20.7. The van der Waals surface area contributed by atoms with Crippen LogP contribution in [0.1, 0.15) is 32.2 Å². The number of nitrogens with zero attached hydrogens (tertiary/aromatic N) is 3. The number of imidazole rings is 1. The van der Waals surface area contributed by atoms with Crippen LogP contribution in [-0.4, -0.2) is 26.4 Å². The molecule has 0 aliphatic heterocycles. The van der Waals surface area contributed by atoms with Crippen LogP contribution in [-0.2, 0) is 11.4 Å². The molecule has 0 spiro atoms. The van der Waals surface area contributed by atoms with Crippen LogP contribution in [0.3, 0.4) is 0 Å². The SMILES string of the molecule is C/C(=N\n1c(C)nc(-c2ccc(CO)cc2)c1-c1ccccc1)C(N)=O.CC. The third-order valence-corrected chi connectivity index (χ3v) is 4.08. The van der Waals surface area contributed by atoms with Crippen molar-refractivity contribution in [3.05, 3.63) is 66.0 Å². The Labute approximate surface area is 165 Å². The van der Waals surface area contributed by atoms with Gasteiger partial charge in [-0.15, -0.1) is 0 Å². The van der Waals surface area contributed by atoms with Gasteiger partial charge in [-0.3, -0.25) is 4.79 Å². The van der Waals surface area contributed by atoms with Crippen LogP contribution in [0, 0.1) is 6.92 Å². The van der Waals surface area contributed by atoms with Gasteiger partial charge in [0, 0.05) is 11.1 Å². The summed E-state index contributed by atoms with van der Waals surface area (Å²) in [5.74, 6) is 0.0663. The molecule has 0 aliphatic carbocycles. The van der Waals surface area contributed by atoms with E-state index < -0.39 is 5.91 Å². The molecule has 1 amide bonds. The van der Waals surface area contributed by atoms with E-state index in [1.54, 1.807) is 11.6 Å². The van der Waals surface area contributed by atoms with Crippen molar-refractivity contribution in [2.75, 3.05) is 0 Å². The highest BCUT2D eigenvalue weighted by molar-refractivity contribution is 6.37. The Bertz CT molecular complexity index is 958. The zero-order valence-electron chi connectivity index (χ0n) is 16.7. The molecule has 3 rings (SSSR count). The molecule has 0 unspecified atom stereocenters. The molecule has 0 radical (unpaired) electrons. The molecule has 3 aromatic rings. The minimum atomic E-state index is -0.578. The van der Waals surface area contributed by atoms with E-state index in [0.29, 0.717) is 5.82 Å². The molecule has 0 bridgehead atoms. The summed E-state index contributed by atoms with van der Waals surface area (Å²) in [5, 5.41) is 13.6. The Morgan fingerprint density at radius 3 is 2.21 bits per heavy atom. The Balaban J connectivity index is 0.00000136. The van der Waals surface area contributed by atoms with Crippen molar-refractivity contribution in [3.8, 4) is 22.5 Å².